The number of nitro groups is 1. The summed E-state index contributed by atoms with van der Waals surface area (Å²) >= 11 is 0. The lowest BCUT2D eigenvalue weighted by Gasteiger charge is -2.15. The van der Waals surface area contributed by atoms with E-state index >= 15 is 0 Å². The number of fused-ring (bicyclic) bond motifs is 1. The molecule has 0 aliphatic heterocycles. The number of non-ortho nitro benzene ring substituents is 1. The first-order chi connectivity index (χ1) is 10.3. The van der Waals surface area contributed by atoms with Crippen LogP contribution in [0.25, 0.3) is 10.9 Å². The molecule has 0 saturated carbocycles. The number of nitro benzene ring substituents is 1. The fourth-order valence-corrected chi connectivity index (χ4v) is 2.75. The molecule has 2 rings (SSSR count). The lowest BCUT2D eigenvalue weighted by Crippen LogP contribution is -2.22. The molecule has 0 bridgehead atoms. The number of nitriles is 1. The summed E-state index contributed by atoms with van der Waals surface area (Å²) in [5.74, 6) is 0. The Hall–Kier alpha value is -2.24. The van der Waals surface area contributed by atoms with Crippen molar-refractivity contribution < 1.29 is 9.66 Å². The van der Waals surface area contributed by atoms with E-state index in [-0.39, 0.29) is 18.1 Å². The van der Waals surface area contributed by atoms with Crippen molar-refractivity contribution in [2.45, 2.75) is 32.4 Å². The number of hydrogen-bond donors (Lipinski definition) is 0. The Balaban J connectivity index is 2.21. The first kappa shape index (κ1) is 16.1. The van der Waals surface area contributed by atoms with Crippen LogP contribution >= 0.6 is 0 Å². The highest BCUT2D eigenvalue weighted by atomic mass is 28.3. The number of nitrogens with zero attached hydrogens (tertiary/aromatic N) is 4. The molecule has 116 valence electrons. The monoisotopic (exact) mass is 318 g/mol. The van der Waals surface area contributed by atoms with E-state index < -0.39 is 13.0 Å². The predicted octanol–water partition coefficient (Wildman–Crippen LogP) is 3.13. The molecular weight excluding hydrogens is 300 g/mol. The van der Waals surface area contributed by atoms with Gasteiger partial charge in [0.05, 0.1) is 10.4 Å². The van der Waals surface area contributed by atoms with Crippen LogP contribution in [0, 0.1) is 21.4 Å². The van der Waals surface area contributed by atoms with Gasteiger partial charge >= 0.3 is 0 Å². The summed E-state index contributed by atoms with van der Waals surface area (Å²) in [5, 5.41) is 24.6. The first-order valence-corrected chi connectivity index (χ1v) is 10.7. The lowest BCUT2D eigenvalue weighted by atomic mass is 10.2. The van der Waals surface area contributed by atoms with Crippen molar-refractivity contribution in [2.75, 3.05) is 6.61 Å². The molecule has 7 nitrogen and oxygen atoms in total. The highest BCUT2D eigenvalue weighted by molar-refractivity contribution is 6.76. The molecule has 1 aromatic carbocycles. The molecule has 0 fully saturated rings. The van der Waals surface area contributed by atoms with E-state index in [4.69, 9.17) is 10.00 Å². The van der Waals surface area contributed by atoms with Gasteiger partial charge in [0, 0.05) is 32.2 Å². The molecule has 0 atom stereocenters. The van der Waals surface area contributed by atoms with Crippen LogP contribution in [0.15, 0.2) is 18.2 Å². The quantitative estimate of drug-likeness (QED) is 0.353. The Bertz CT molecular complexity index is 743. The van der Waals surface area contributed by atoms with Crippen LogP contribution in [-0.2, 0) is 11.5 Å². The molecule has 0 unspecified atom stereocenters. The number of hydrogen-bond acceptors (Lipinski definition) is 5. The fraction of sp³-hybridized carbons (Fsp3) is 0.429. The van der Waals surface area contributed by atoms with Crippen LogP contribution in [0.1, 0.15) is 5.69 Å². The minimum Gasteiger partial charge on any atom is -0.360 e. The topological polar surface area (TPSA) is 94.0 Å². The Kier molecular flexibility index (Phi) is 4.58. The van der Waals surface area contributed by atoms with Gasteiger partial charge in [0.2, 0.25) is 0 Å². The molecule has 8 heteroatoms. The molecule has 0 spiro atoms. The van der Waals surface area contributed by atoms with Gasteiger partial charge in [-0.2, -0.15) is 10.4 Å². The molecule has 0 aliphatic carbocycles. The number of rotatable bonds is 6. The zero-order valence-corrected chi connectivity index (χ0v) is 13.9. The molecule has 0 saturated heterocycles. The largest absolute Gasteiger partial charge is 0.360 e. The van der Waals surface area contributed by atoms with Crippen LogP contribution in [0.4, 0.5) is 5.69 Å². The van der Waals surface area contributed by atoms with Crippen molar-refractivity contribution in [2.24, 2.45) is 0 Å². The Morgan fingerprint density at radius 3 is 2.77 bits per heavy atom. The van der Waals surface area contributed by atoms with Crippen LogP contribution in [0.2, 0.25) is 25.7 Å². The smallest absolute Gasteiger partial charge is 0.270 e. The molecule has 1 heterocycles. The third-order valence-electron chi connectivity index (χ3n) is 3.26. The second-order valence-electron chi connectivity index (χ2n) is 6.27. The SMILES string of the molecule is C[Si](C)(C)CCOCn1nc(C#N)c2cc([N+](=O)[O-])ccc21. The zero-order valence-electron chi connectivity index (χ0n) is 12.9. The van der Waals surface area contributed by atoms with Gasteiger partial charge in [-0.1, -0.05) is 19.6 Å². The second kappa shape index (κ2) is 6.25. The number of aromatic nitrogens is 2. The summed E-state index contributed by atoms with van der Waals surface area (Å²) in [6.45, 7) is 7.69. The fourth-order valence-electron chi connectivity index (χ4n) is 1.99. The minimum atomic E-state index is -1.15. The van der Waals surface area contributed by atoms with Gasteiger partial charge < -0.3 is 4.74 Å². The molecule has 0 radical (unpaired) electrons. The van der Waals surface area contributed by atoms with Gasteiger partial charge in [0.1, 0.15) is 12.8 Å². The van der Waals surface area contributed by atoms with E-state index in [1.165, 1.54) is 12.1 Å². The van der Waals surface area contributed by atoms with Crippen LogP contribution in [-0.4, -0.2) is 29.4 Å². The summed E-state index contributed by atoms with van der Waals surface area (Å²) < 4.78 is 7.20. The maximum atomic E-state index is 10.8. The van der Waals surface area contributed by atoms with Crippen molar-refractivity contribution in [3.05, 3.63) is 34.0 Å². The highest BCUT2D eigenvalue weighted by Gasteiger charge is 2.16. The molecule has 0 amide bonds. The third kappa shape index (κ3) is 3.69. The Morgan fingerprint density at radius 2 is 2.18 bits per heavy atom. The average Bonchev–Trinajstić information content (AvgIpc) is 2.80. The van der Waals surface area contributed by atoms with Crippen molar-refractivity contribution >= 4 is 24.7 Å². The second-order valence-corrected chi connectivity index (χ2v) is 11.9. The summed E-state index contributed by atoms with van der Waals surface area (Å²) in [4.78, 5) is 10.3. The highest BCUT2D eigenvalue weighted by Crippen LogP contribution is 2.23. The van der Waals surface area contributed by atoms with Crippen molar-refractivity contribution in [3.63, 3.8) is 0 Å². The summed E-state index contributed by atoms with van der Waals surface area (Å²) in [7, 11) is -1.15. The van der Waals surface area contributed by atoms with Crippen molar-refractivity contribution in [1.82, 2.24) is 9.78 Å². The van der Waals surface area contributed by atoms with Crippen molar-refractivity contribution in [3.8, 4) is 6.07 Å². The molecule has 2 aromatic rings. The van der Waals surface area contributed by atoms with E-state index in [9.17, 15) is 10.1 Å². The molecular formula is C14H18N4O3Si. The first-order valence-electron chi connectivity index (χ1n) is 6.94. The van der Waals surface area contributed by atoms with Gasteiger partial charge in [-0.05, 0) is 12.1 Å². The summed E-state index contributed by atoms with van der Waals surface area (Å²) in [6.07, 6.45) is 0. The number of ether oxygens (including phenoxy) is 1. The molecule has 22 heavy (non-hydrogen) atoms. The van der Waals surface area contributed by atoms with Gasteiger partial charge in [-0.3, -0.25) is 10.1 Å². The maximum absolute atomic E-state index is 10.8. The van der Waals surface area contributed by atoms with E-state index in [0.717, 1.165) is 6.04 Å². The van der Waals surface area contributed by atoms with E-state index in [0.29, 0.717) is 17.5 Å². The molecule has 0 aliphatic rings. The zero-order chi connectivity index (χ0) is 16.3. The third-order valence-corrected chi connectivity index (χ3v) is 4.96. The van der Waals surface area contributed by atoms with Gasteiger partial charge in [0.25, 0.3) is 5.69 Å². The standard InChI is InChI=1S/C14H18N4O3Si/c1-22(2,3)7-6-21-10-17-14-5-4-11(18(19)20)8-12(14)13(9-15)16-17/h4-5,8H,6-7,10H2,1-3H3. The van der Waals surface area contributed by atoms with Crippen LogP contribution in [0.5, 0.6) is 0 Å². The molecule has 1 aromatic heterocycles. The Morgan fingerprint density at radius 1 is 1.45 bits per heavy atom. The van der Waals surface area contributed by atoms with Gasteiger partial charge in [0.15, 0.2) is 5.69 Å². The van der Waals surface area contributed by atoms with E-state index in [1.54, 1.807) is 10.7 Å². The summed E-state index contributed by atoms with van der Waals surface area (Å²) in [6, 6.07) is 7.39. The minimum absolute atomic E-state index is 0.0526. The Labute approximate surface area is 129 Å². The van der Waals surface area contributed by atoms with Crippen molar-refractivity contribution in [1.29, 1.82) is 5.26 Å². The van der Waals surface area contributed by atoms with Gasteiger partial charge in [-0.25, -0.2) is 4.68 Å². The number of benzene rings is 1. The normalized spacial score (nSPS) is 11.5. The van der Waals surface area contributed by atoms with E-state index in [2.05, 4.69) is 24.7 Å². The van der Waals surface area contributed by atoms with Gasteiger partial charge in [-0.15, -0.1) is 0 Å². The predicted molar refractivity (Wildman–Crippen MR) is 85.2 cm³/mol. The average molecular weight is 318 g/mol. The maximum Gasteiger partial charge on any atom is 0.270 e. The van der Waals surface area contributed by atoms with Crippen LogP contribution in [0.3, 0.4) is 0 Å². The van der Waals surface area contributed by atoms with E-state index in [1.807, 2.05) is 6.07 Å². The molecule has 0 N–H and O–H groups in total. The summed E-state index contributed by atoms with van der Waals surface area (Å²) in [5.41, 5.74) is 0.783. The van der Waals surface area contributed by atoms with Crippen LogP contribution < -0.4 is 0 Å². The lowest BCUT2D eigenvalue weighted by molar-refractivity contribution is -0.384.